The molecule has 0 radical (unpaired) electrons. The maximum Gasteiger partial charge on any atom is 0.256 e. The van der Waals surface area contributed by atoms with E-state index >= 15 is 0 Å². The number of nitriles is 1. The lowest BCUT2D eigenvalue weighted by Crippen LogP contribution is -2.12. The zero-order valence-electron chi connectivity index (χ0n) is 9.72. The molecule has 0 fully saturated rings. The first-order chi connectivity index (χ1) is 9.11. The van der Waals surface area contributed by atoms with Crippen molar-refractivity contribution in [2.24, 2.45) is 0 Å². The third-order valence-corrected chi connectivity index (χ3v) is 2.88. The first kappa shape index (κ1) is 13.1. The predicted octanol–water partition coefficient (Wildman–Crippen LogP) is 3.24. The first-order valence-electron chi connectivity index (χ1n) is 5.41. The number of benzene rings is 2. The number of carbonyl (C=O) groups excluding carboxylic acids is 1. The Hall–Kier alpha value is -2.32. The summed E-state index contributed by atoms with van der Waals surface area (Å²) < 4.78 is 13.1. The summed E-state index contributed by atoms with van der Waals surface area (Å²) in [6.45, 7) is 0. The van der Waals surface area contributed by atoms with Gasteiger partial charge in [0.05, 0.1) is 11.1 Å². The van der Waals surface area contributed by atoms with Crippen LogP contribution in [0.3, 0.4) is 0 Å². The first-order valence-corrected chi connectivity index (χ1v) is 5.85. The molecule has 1 amide bonds. The van der Waals surface area contributed by atoms with Crippen LogP contribution in [0.15, 0.2) is 47.4 Å². The standard InChI is InChI=1S/C14H9FN2OS/c15-12-6-5-10(7-9(12)8-16)17-14(18)11-3-1-2-4-13(11)19/h1-7,19H,(H,17,18). The molecule has 0 spiro atoms. The van der Waals surface area contributed by atoms with Gasteiger partial charge >= 0.3 is 0 Å². The summed E-state index contributed by atoms with van der Waals surface area (Å²) in [6.07, 6.45) is 0. The Balaban J connectivity index is 2.25. The molecule has 2 rings (SSSR count). The van der Waals surface area contributed by atoms with E-state index in [1.807, 2.05) is 0 Å². The van der Waals surface area contributed by atoms with Gasteiger partial charge in [0.25, 0.3) is 5.91 Å². The van der Waals surface area contributed by atoms with E-state index in [0.29, 0.717) is 16.1 Å². The van der Waals surface area contributed by atoms with E-state index < -0.39 is 5.82 Å². The van der Waals surface area contributed by atoms with Crippen LogP contribution in [0, 0.1) is 17.1 Å². The molecular formula is C14H9FN2OS. The van der Waals surface area contributed by atoms with Crippen molar-refractivity contribution in [1.29, 1.82) is 5.26 Å². The van der Waals surface area contributed by atoms with Gasteiger partial charge in [-0.1, -0.05) is 12.1 Å². The molecule has 0 heterocycles. The summed E-state index contributed by atoms with van der Waals surface area (Å²) in [5, 5.41) is 11.3. The lowest BCUT2D eigenvalue weighted by atomic mass is 10.1. The number of thiol groups is 1. The quantitative estimate of drug-likeness (QED) is 0.825. The molecule has 0 saturated heterocycles. The second-order valence-electron chi connectivity index (χ2n) is 3.78. The molecule has 0 bridgehead atoms. The second kappa shape index (κ2) is 5.55. The predicted molar refractivity (Wildman–Crippen MR) is 72.8 cm³/mol. The summed E-state index contributed by atoms with van der Waals surface area (Å²) >= 11 is 4.19. The molecule has 0 saturated carbocycles. The van der Waals surface area contributed by atoms with E-state index in [1.165, 1.54) is 12.1 Å². The largest absolute Gasteiger partial charge is 0.322 e. The van der Waals surface area contributed by atoms with Gasteiger partial charge in [0.15, 0.2) is 0 Å². The summed E-state index contributed by atoms with van der Waals surface area (Å²) in [7, 11) is 0. The normalized spacial score (nSPS) is 9.74. The zero-order chi connectivity index (χ0) is 13.8. The average Bonchev–Trinajstić information content (AvgIpc) is 2.41. The highest BCUT2D eigenvalue weighted by Gasteiger charge is 2.10. The van der Waals surface area contributed by atoms with Gasteiger partial charge < -0.3 is 5.32 Å². The van der Waals surface area contributed by atoms with Crippen molar-refractivity contribution in [3.05, 3.63) is 59.4 Å². The van der Waals surface area contributed by atoms with Crippen LogP contribution in [0.25, 0.3) is 0 Å². The molecule has 94 valence electrons. The van der Waals surface area contributed by atoms with Crippen LogP contribution in [0.5, 0.6) is 0 Å². The molecule has 0 aliphatic carbocycles. The van der Waals surface area contributed by atoms with Crippen LogP contribution in [0.4, 0.5) is 10.1 Å². The Morgan fingerprint density at radius 2 is 2.00 bits per heavy atom. The van der Waals surface area contributed by atoms with E-state index in [9.17, 15) is 9.18 Å². The van der Waals surface area contributed by atoms with Crippen LogP contribution < -0.4 is 5.32 Å². The number of amides is 1. The molecule has 5 heteroatoms. The number of rotatable bonds is 2. The van der Waals surface area contributed by atoms with E-state index in [-0.39, 0.29) is 11.5 Å². The summed E-state index contributed by atoms with van der Waals surface area (Å²) in [5.41, 5.74) is 0.658. The van der Waals surface area contributed by atoms with Gasteiger partial charge in [-0.2, -0.15) is 5.26 Å². The van der Waals surface area contributed by atoms with Gasteiger partial charge in [0.2, 0.25) is 0 Å². The molecule has 0 unspecified atom stereocenters. The lowest BCUT2D eigenvalue weighted by molar-refractivity contribution is 0.102. The van der Waals surface area contributed by atoms with Crippen LogP contribution in [-0.4, -0.2) is 5.91 Å². The Morgan fingerprint density at radius 3 is 2.68 bits per heavy atom. The van der Waals surface area contributed by atoms with E-state index in [1.54, 1.807) is 30.3 Å². The third-order valence-electron chi connectivity index (χ3n) is 2.49. The fourth-order valence-corrected chi connectivity index (χ4v) is 1.81. The number of nitrogens with zero attached hydrogens (tertiary/aromatic N) is 1. The van der Waals surface area contributed by atoms with Crippen molar-refractivity contribution in [2.75, 3.05) is 5.32 Å². The van der Waals surface area contributed by atoms with Crippen molar-refractivity contribution in [1.82, 2.24) is 0 Å². The van der Waals surface area contributed by atoms with Crippen molar-refractivity contribution in [2.45, 2.75) is 4.90 Å². The summed E-state index contributed by atoms with van der Waals surface area (Å²) in [4.78, 5) is 12.5. The van der Waals surface area contributed by atoms with Crippen LogP contribution in [0.2, 0.25) is 0 Å². The highest BCUT2D eigenvalue weighted by Crippen LogP contribution is 2.17. The minimum Gasteiger partial charge on any atom is -0.322 e. The number of halogens is 1. The maximum absolute atomic E-state index is 13.1. The molecule has 1 N–H and O–H groups in total. The number of carbonyl (C=O) groups is 1. The molecule has 2 aromatic rings. The van der Waals surface area contributed by atoms with Gasteiger partial charge in [-0.3, -0.25) is 4.79 Å². The minimum absolute atomic E-state index is 0.114. The number of anilines is 1. The number of hydrogen-bond acceptors (Lipinski definition) is 3. The van der Waals surface area contributed by atoms with Gasteiger partial charge in [0, 0.05) is 10.6 Å². The molecule has 0 aliphatic rings. The van der Waals surface area contributed by atoms with Gasteiger partial charge in [-0.15, -0.1) is 12.6 Å². The van der Waals surface area contributed by atoms with Crippen molar-refractivity contribution in [3.8, 4) is 6.07 Å². The Kier molecular flexibility index (Phi) is 3.83. The van der Waals surface area contributed by atoms with Crippen molar-refractivity contribution in [3.63, 3.8) is 0 Å². The SMILES string of the molecule is N#Cc1cc(NC(=O)c2ccccc2S)ccc1F. The van der Waals surface area contributed by atoms with Crippen LogP contribution >= 0.6 is 12.6 Å². The minimum atomic E-state index is -0.616. The van der Waals surface area contributed by atoms with Crippen LogP contribution in [0.1, 0.15) is 15.9 Å². The highest BCUT2D eigenvalue weighted by atomic mass is 32.1. The molecular weight excluding hydrogens is 263 g/mol. The molecule has 0 atom stereocenters. The smallest absolute Gasteiger partial charge is 0.256 e. The fourth-order valence-electron chi connectivity index (χ4n) is 1.55. The Morgan fingerprint density at radius 1 is 1.26 bits per heavy atom. The molecule has 0 aliphatic heterocycles. The fraction of sp³-hybridized carbons (Fsp3) is 0. The molecule has 2 aromatic carbocycles. The van der Waals surface area contributed by atoms with Gasteiger partial charge in [0.1, 0.15) is 11.9 Å². The molecule has 0 aromatic heterocycles. The third kappa shape index (κ3) is 2.92. The second-order valence-corrected chi connectivity index (χ2v) is 4.26. The van der Waals surface area contributed by atoms with Crippen molar-refractivity contribution >= 4 is 24.2 Å². The summed E-state index contributed by atoms with van der Waals surface area (Å²) in [5.74, 6) is -0.976. The van der Waals surface area contributed by atoms with Crippen molar-refractivity contribution < 1.29 is 9.18 Å². The lowest BCUT2D eigenvalue weighted by Gasteiger charge is -2.07. The topological polar surface area (TPSA) is 52.9 Å². The monoisotopic (exact) mass is 272 g/mol. The van der Waals surface area contributed by atoms with E-state index in [0.717, 1.165) is 6.07 Å². The average molecular weight is 272 g/mol. The van der Waals surface area contributed by atoms with Crippen LogP contribution in [-0.2, 0) is 0 Å². The highest BCUT2D eigenvalue weighted by molar-refractivity contribution is 7.80. The summed E-state index contributed by atoms with van der Waals surface area (Å²) in [6, 6.07) is 12.4. The number of hydrogen-bond donors (Lipinski definition) is 2. The van der Waals surface area contributed by atoms with E-state index in [4.69, 9.17) is 5.26 Å². The zero-order valence-corrected chi connectivity index (χ0v) is 10.6. The van der Waals surface area contributed by atoms with Gasteiger partial charge in [-0.05, 0) is 30.3 Å². The molecule has 19 heavy (non-hydrogen) atoms. The van der Waals surface area contributed by atoms with Gasteiger partial charge in [-0.25, -0.2) is 4.39 Å². The maximum atomic E-state index is 13.1. The van der Waals surface area contributed by atoms with E-state index in [2.05, 4.69) is 17.9 Å². The Labute approximate surface area is 115 Å². The molecule has 3 nitrogen and oxygen atoms in total. The Bertz CT molecular complexity index is 679. The number of nitrogens with one attached hydrogen (secondary N) is 1.